The molecule has 0 aliphatic heterocycles. The summed E-state index contributed by atoms with van der Waals surface area (Å²) in [5, 5.41) is 0. The molecule has 0 fully saturated rings. The summed E-state index contributed by atoms with van der Waals surface area (Å²) in [7, 11) is -3.31. The van der Waals surface area contributed by atoms with Crippen molar-refractivity contribution in [2.45, 2.75) is 44.2 Å². The zero-order valence-corrected chi connectivity index (χ0v) is 16.7. The first-order valence-electron chi connectivity index (χ1n) is 9.19. The summed E-state index contributed by atoms with van der Waals surface area (Å²) in [6.45, 7) is 4.44. The molecule has 5 nitrogen and oxygen atoms in total. The highest BCUT2D eigenvalue weighted by Gasteiger charge is 2.22. The fourth-order valence-corrected chi connectivity index (χ4v) is 4.21. The molecule has 27 heavy (non-hydrogen) atoms. The number of rotatable bonds is 9. The Morgan fingerprint density at radius 2 is 1.63 bits per heavy atom. The van der Waals surface area contributed by atoms with E-state index in [2.05, 4.69) is 0 Å². The van der Waals surface area contributed by atoms with Gasteiger partial charge in [0.25, 0.3) is 0 Å². The van der Waals surface area contributed by atoms with E-state index in [1.165, 1.54) is 0 Å². The average Bonchev–Trinajstić information content (AvgIpc) is 2.67. The predicted octanol–water partition coefficient (Wildman–Crippen LogP) is 4.29. The fourth-order valence-electron chi connectivity index (χ4n) is 2.86. The van der Waals surface area contributed by atoms with E-state index in [9.17, 15) is 13.2 Å². The van der Waals surface area contributed by atoms with Gasteiger partial charge in [0.15, 0.2) is 9.84 Å². The van der Waals surface area contributed by atoms with Crippen molar-refractivity contribution in [1.82, 2.24) is 4.90 Å². The van der Waals surface area contributed by atoms with Crippen LogP contribution in [0.4, 0.5) is 4.79 Å². The number of nitrogens with zero attached hydrogens (tertiary/aromatic N) is 1. The van der Waals surface area contributed by atoms with Gasteiger partial charge in [0.2, 0.25) is 0 Å². The SMILES string of the molecule is CCOC(=O)N(Cc1ccccc1)C(C)CCCS(=O)(=O)c1ccccc1. The van der Waals surface area contributed by atoms with Gasteiger partial charge in [0.05, 0.1) is 17.3 Å². The summed E-state index contributed by atoms with van der Waals surface area (Å²) < 4.78 is 30.0. The second-order valence-corrected chi connectivity index (χ2v) is 8.54. The smallest absolute Gasteiger partial charge is 0.410 e. The molecule has 0 saturated heterocycles. The Morgan fingerprint density at radius 1 is 1.04 bits per heavy atom. The van der Waals surface area contributed by atoms with Gasteiger partial charge in [-0.2, -0.15) is 0 Å². The molecule has 2 aromatic rings. The molecule has 146 valence electrons. The molecule has 1 unspecified atom stereocenters. The minimum absolute atomic E-state index is 0.0589. The topological polar surface area (TPSA) is 63.7 Å². The van der Waals surface area contributed by atoms with Crippen LogP contribution in [0.15, 0.2) is 65.6 Å². The minimum Gasteiger partial charge on any atom is -0.450 e. The molecule has 0 spiro atoms. The predicted molar refractivity (Wildman–Crippen MR) is 106 cm³/mol. The fraction of sp³-hybridized carbons (Fsp3) is 0.381. The molecule has 0 aliphatic rings. The molecule has 0 radical (unpaired) electrons. The Morgan fingerprint density at radius 3 is 2.22 bits per heavy atom. The summed E-state index contributed by atoms with van der Waals surface area (Å²) in [6.07, 6.45) is 0.681. The van der Waals surface area contributed by atoms with E-state index in [1.54, 1.807) is 42.2 Å². The number of ether oxygens (including phenoxy) is 1. The molecule has 2 rings (SSSR count). The van der Waals surface area contributed by atoms with Crippen LogP contribution >= 0.6 is 0 Å². The van der Waals surface area contributed by atoms with Gasteiger partial charge in [0, 0.05) is 12.6 Å². The van der Waals surface area contributed by atoms with Crippen molar-refractivity contribution in [2.75, 3.05) is 12.4 Å². The van der Waals surface area contributed by atoms with Gasteiger partial charge in [-0.15, -0.1) is 0 Å². The van der Waals surface area contributed by atoms with Crippen LogP contribution < -0.4 is 0 Å². The molecule has 1 amide bonds. The molecule has 6 heteroatoms. The standard InChI is InChI=1S/C21H27NO4S/c1-3-26-21(23)22(17-19-12-6-4-7-13-19)18(2)11-10-16-27(24,25)20-14-8-5-9-15-20/h4-9,12-15,18H,3,10-11,16-17H2,1-2H3. The minimum atomic E-state index is -3.31. The largest absolute Gasteiger partial charge is 0.450 e. The second-order valence-electron chi connectivity index (χ2n) is 6.44. The molecule has 0 bridgehead atoms. The Balaban J connectivity index is 1.98. The third-order valence-corrected chi connectivity index (χ3v) is 6.18. The maximum atomic E-state index is 12.4. The van der Waals surface area contributed by atoms with Crippen LogP contribution in [0.25, 0.3) is 0 Å². The third-order valence-electron chi connectivity index (χ3n) is 4.37. The van der Waals surface area contributed by atoms with Crippen LogP contribution in [0.2, 0.25) is 0 Å². The zero-order chi connectivity index (χ0) is 19.7. The molecular weight excluding hydrogens is 362 g/mol. The number of carbonyl (C=O) groups is 1. The van der Waals surface area contributed by atoms with Crippen LogP contribution in [-0.2, 0) is 21.1 Å². The lowest BCUT2D eigenvalue weighted by atomic mass is 10.1. The lowest BCUT2D eigenvalue weighted by molar-refractivity contribution is 0.0879. The highest BCUT2D eigenvalue weighted by molar-refractivity contribution is 7.91. The van der Waals surface area contributed by atoms with Gasteiger partial charge in [-0.3, -0.25) is 0 Å². The number of carbonyl (C=O) groups excluding carboxylic acids is 1. The first-order chi connectivity index (χ1) is 12.9. The van der Waals surface area contributed by atoms with Gasteiger partial charge in [0.1, 0.15) is 0 Å². The maximum absolute atomic E-state index is 12.4. The number of sulfone groups is 1. The second kappa shape index (κ2) is 10.1. The Labute approximate surface area is 161 Å². The van der Waals surface area contributed by atoms with Crippen LogP contribution in [-0.4, -0.2) is 37.8 Å². The van der Waals surface area contributed by atoms with E-state index in [0.29, 0.717) is 30.9 Å². The zero-order valence-electron chi connectivity index (χ0n) is 15.9. The molecule has 1 atom stereocenters. The summed E-state index contributed by atoms with van der Waals surface area (Å²) in [6, 6.07) is 18.0. The van der Waals surface area contributed by atoms with E-state index in [4.69, 9.17) is 4.74 Å². The number of amides is 1. The van der Waals surface area contributed by atoms with Crippen molar-refractivity contribution >= 4 is 15.9 Å². The summed E-state index contributed by atoms with van der Waals surface area (Å²) in [5.41, 5.74) is 1.01. The highest BCUT2D eigenvalue weighted by Crippen LogP contribution is 2.17. The first-order valence-corrected chi connectivity index (χ1v) is 10.8. The normalized spacial score (nSPS) is 12.4. The Hall–Kier alpha value is -2.34. The van der Waals surface area contributed by atoms with E-state index < -0.39 is 9.84 Å². The van der Waals surface area contributed by atoms with E-state index in [0.717, 1.165) is 5.56 Å². The van der Waals surface area contributed by atoms with Crippen LogP contribution in [0.5, 0.6) is 0 Å². The third kappa shape index (κ3) is 6.40. The van der Waals surface area contributed by atoms with Crippen molar-refractivity contribution < 1.29 is 17.9 Å². The molecule has 0 heterocycles. The Kier molecular flexibility index (Phi) is 7.85. The van der Waals surface area contributed by atoms with Crippen LogP contribution in [0.3, 0.4) is 0 Å². The first kappa shape index (κ1) is 21.0. The van der Waals surface area contributed by atoms with Crippen molar-refractivity contribution in [2.24, 2.45) is 0 Å². The molecule has 0 N–H and O–H groups in total. The van der Waals surface area contributed by atoms with Crippen molar-refractivity contribution in [1.29, 1.82) is 0 Å². The van der Waals surface area contributed by atoms with Gasteiger partial charge in [-0.05, 0) is 44.4 Å². The number of hydrogen-bond donors (Lipinski definition) is 0. The molecule has 0 saturated carbocycles. The van der Waals surface area contributed by atoms with E-state index in [-0.39, 0.29) is 17.9 Å². The number of hydrogen-bond acceptors (Lipinski definition) is 4. The lowest BCUT2D eigenvalue weighted by Gasteiger charge is -2.28. The summed E-state index contributed by atoms with van der Waals surface area (Å²) in [4.78, 5) is 14.4. The summed E-state index contributed by atoms with van der Waals surface area (Å²) in [5.74, 6) is 0.0589. The Bertz CT molecular complexity index is 807. The highest BCUT2D eigenvalue weighted by atomic mass is 32.2. The molecule has 0 aromatic heterocycles. The summed E-state index contributed by atoms with van der Waals surface area (Å²) >= 11 is 0. The molecule has 2 aromatic carbocycles. The van der Waals surface area contributed by atoms with Gasteiger partial charge in [-0.1, -0.05) is 48.5 Å². The van der Waals surface area contributed by atoms with Crippen molar-refractivity contribution in [3.05, 3.63) is 66.2 Å². The molecular formula is C21H27NO4S. The van der Waals surface area contributed by atoms with Crippen molar-refractivity contribution in [3.8, 4) is 0 Å². The quantitative estimate of drug-likeness (QED) is 0.642. The van der Waals surface area contributed by atoms with Gasteiger partial charge >= 0.3 is 6.09 Å². The monoisotopic (exact) mass is 389 g/mol. The number of benzene rings is 2. The van der Waals surface area contributed by atoms with Gasteiger partial charge in [-0.25, -0.2) is 13.2 Å². The molecule has 0 aliphatic carbocycles. The lowest BCUT2D eigenvalue weighted by Crippen LogP contribution is -2.38. The van der Waals surface area contributed by atoms with Crippen molar-refractivity contribution in [3.63, 3.8) is 0 Å². The van der Waals surface area contributed by atoms with E-state index >= 15 is 0 Å². The average molecular weight is 390 g/mol. The van der Waals surface area contributed by atoms with E-state index in [1.807, 2.05) is 37.3 Å². The maximum Gasteiger partial charge on any atom is 0.410 e. The van der Waals surface area contributed by atoms with Gasteiger partial charge < -0.3 is 9.64 Å². The van der Waals surface area contributed by atoms with Crippen LogP contribution in [0.1, 0.15) is 32.3 Å². The van der Waals surface area contributed by atoms with Crippen LogP contribution in [0, 0.1) is 0 Å².